The summed E-state index contributed by atoms with van der Waals surface area (Å²) in [6.07, 6.45) is -0.354. The molecule has 0 unspecified atom stereocenters. The first-order chi connectivity index (χ1) is 8.49. The van der Waals surface area contributed by atoms with Crippen molar-refractivity contribution in [3.05, 3.63) is 29.3 Å². The zero-order chi connectivity index (χ0) is 13.3. The Morgan fingerprint density at radius 3 is 2.89 bits per heavy atom. The summed E-state index contributed by atoms with van der Waals surface area (Å²) in [6.45, 7) is 0. The van der Waals surface area contributed by atoms with Gasteiger partial charge >= 0.3 is 5.97 Å². The van der Waals surface area contributed by atoms with Crippen LogP contribution in [0.1, 0.15) is 30.1 Å². The maximum absolute atomic E-state index is 11.5. The number of hydrogen-bond donors (Lipinski definition) is 2. The number of carbonyl (C=O) groups excluding carboxylic acids is 1. The lowest BCUT2D eigenvalue weighted by Crippen LogP contribution is -2.20. The van der Waals surface area contributed by atoms with Crippen LogP contribution in [0, 0.1) is 0 Å². The molecular formula is C13H15NO4. The minimum Gasteiger partial charge on any atom is -0.481 e. The van der Waals surface area contributed by atoms with Crippen molar-refractivity contribution in [1.29, 1.82) is 0 Å². The molecule has 0 spiro atoms. The summed E-state index contributed by atoms with van der Waals surface area (Å²) in [5.74, 6) is -0.896. The largest absolute Gasteiger partial charge is 0.481 e. The molecule has 0 saturated carbocycles. The molecule has 1 aliphatic rings. The van der Waals surface area contributed by atoms with Crippen molar-refractivity contribution in [1.82, 2.24) is 0 Å². The van der Waals surface area contributed by atoms with Gasteiger partial charge in [0.25, 0.3) is 0 Å². The number of amides is 1. The monoisotopic (exact) mass is 249 g/mol. The minimum atomic E-state index is -0.926. The fraction of sp³-hybridized carbons (Fsp3) is 0.385. The first kappa shape index (κ1) is 12.6. The van der Waals surface area contributed by atoms with Gasteiger partial charge in [-0.05, 0) is 23.6 Å². The number of carboxylic acids is 1. The number of aliphatic hydroxyl groups is 1. The van der Waals surface area contributed by atoms with Gasteiger partial charge in [-0.15, -0.1) is 0 Å². The first-order valence-electron chi connectivity index (χ1n) is 5.78. The number of nitrogens with zero attached hydrogens (tertiary/aromatic N) is 1. The van der Waals surface area contributed by atoms with Crippen LogP contribution in [0.25, 0.3) is 0 Å². The molecule has 0 aromatic heterocycles. The number of carbonyl (C=O) groups is 2. The minimum absolute atomic E-state index is 0.0298. The highest BCUT2D eigenvalue weighted by Gasteiger charge is 2.24. The maximum atomic E-state index is 11.5. The number of aliphatic carboxylic acids is 1. The number of hydrogen-bond acceptors (Lipinski definition) is 3. The Hall–Kier alpha value is -1.88. The van der Waals surface area contributed by atoms with Gasteiger partial charge in [-0.1, -0.05) is 12.1 Å². The standard InChI is InChI=1S/C13H15NO4/c1-14-10-3-2-8(6-9(10)7-12(14)16)11(15)4-5-13(17)18/h2-3,6,11,15H,4-5,7H2,1H3,(H,17,18)/t11-/m0/s1. The van der Waals surface area contributed by atoms with Crippen LogP contribution in [0.4, 0.5) is 5.69 Å². The van der Waals surface area contributed by atoms with Gasteiger partial charge in [0.1, 0.15) is 0 Å². The van der Waals surface area contributed by atoms with Gasteiger partial charge in [-0.25, -0.2) is 0 Å². The summed E-state index contributed by atoms with van der Waals surface area (Å²) in [5, 5.41) is 18.4. The van der Waals surface area contributed by atoms with Crippen LogP contribution in [0.2, 0.25) is 0 Å². The van der Waals surface area contributed by atoms with E-state index in [1.54, 1.807) is 30.1 Å². The first-order valence-corrected chi connectivity index (χ1v) is 5.78. The van der Waals surface area contributed by atoms with Gasteiger partial charge in [0.15, 0.2) is 0 Å². The summed E-state index contributed by atoms with van der Waals surface area (Å²) >= 11 is 0. The third-order valence-electron chi connectivity index (χ3n) is 3.20. The van der Waals surface area contributed by atoms with Crippen molar-refractivity contribution >= 4 is 17.6 Å². The average Bonchev–Trinajstić information content (AvgIpc) is 2.61. The lowest BCUT2D eigenvalue weighted by molar-refractivity contribution is -0.137. The molecule has 1 amide bonds. The van der Waals surface area contributed by atoms with E-state index < -0.39 is 12.1 Å². The zero-order valence-electron chi connectivity index (χ0n) is 10.1. The van der Waals surface area contributed by atoms with E-state index in [1.165, 1.54) is 0 Å². The number of anilines is 1. The fourth-order valence-electron chi connectivity index (χ4n) is 2.12. The van der Waals surface area contributed by atoms with E-state index in [0.29, 0.717) is 12.0 Å². The SMILES string of the molecule is CN1C(=O)Cc2cc([C@@H](O)CCC(=O)O)ccc21. The summed E-state index contributed by atoms with van der Waals surface area (Å²) in [6, 6.07) is 5.31. The Balaban J connectivity index is 2.15. The molecule has 1 heterocycles. The van der Waals surface area contributed by atoms with Gasteiger partial charge in [0.05, 0.1) is 12.5 Å². The van der Waals surface area contributed by atoms with Crippen LogP contribution in [-0.4, -0.2) is 29.1 Å². The highest BCUT2D eigenvalue weighted by Crippen LogP contribution is 2.31. The van der Waals surface area contributed by atoms with Crippen molar-refractivity contribution in [2.75, 3.05) is 11.9 Å². The lowest BCUT2D eigenvalue weighted by atomic mass is 10.0. The molecule has 0 saturated heterocycles. The summed E-state index contributed by atoms with van der Waals surface area (Å²) in [4.78, 5) is 23.5. The van der Waals surface area contributed by atoms with Crippen LogP contribution in [-0.2, 0) is 16.0 Å². The number of benzene rings is 1. The van der Waals surface area contributed by atoms with Crippen LogP contribution < -0.4 is 4.90 Å². The summed E-state index contributed by atoms with van der Waals surface area (Å²) in [5.41, 5.74) is 2.40. The average molecular weight is 249 g/mol. The van der Waals surface area contributed by atoms with E-state index in [9.17, 15) is 14.7 Å². The van der Waals surface area contributed by atoms with E-state index in [1.807, 2.05) is 0 Å². The predicted molar refractivity (Wildman–Crippen MR) is 65.4 cm³/mol. The van der Waals surface area contributed by atoms with Gasteiger partial charge in [0.2, 0.25) is 5.91 Å². The number of carboxylic acid groups (broad SMARTS) is 1. The molecule has 1 atom stereocenters. The number of likely N-dealkylation sites (N-methyl/N-ethyl adjacent to an activating group) is 1. The molecule has 96 valence electrons. The number of aliphatic hydroxyl groups excluding tert-OH is 1. The Morgan fingerprint density at radius 2 is 2.22 bits per heavy atom. The van der Waals surface area contributed by atoms with Crippen LogP contribution in [0.5, 0.6) is 0 Å². The van der Waals surface area contributed by atoms with E-state index >= 15 is 0 Å². The van der Waals surface area contributed by atoms with Gasteiger partial charge in [-0.3, -0.25) is 9.59 Å². The van der Waals surface area contributed by atoms with E-state index in [0.717, 1.165) is 11.3 Å². The normalized spacial score (nSPS) is 15.7. The Morgan fingerprint density at radius 1 is 1.50 bits per heavy atom. The molecule has 5 nitrogen and oxygen atoms in total. The van der Waals surface area contributed by atoms with Crippen LogP contribution in [0.3, 0.4) is 0 Å². The number of fused-ring (bicyclic) bond motifs is 1. The third-order valence-corrected chi connectivity index (χ3v) is 3.20. The Kier molecular flexibility index (Phi) is 3.34. The molecule has 1 aromatic carbocycles. The molecule has 1 aromatic rings. The van der Waals surface area contributed by atoms with Gasteiger partial charge < -0.3 is 15.1 Å². The Labute approximate surface area is 105 Å². The van der Waals surface area contributed by atoms with Crippen molar-refractivity contribution in [3.8, 4) is 0 Å². The molecule has 0 radical (unpaired) electrons. The Bertz CT molecular complexity index is 498. The van der Waals surface area contributed by atoms with Gasteiger partial charge in [-0.2, -0.15) is 0 Å². The van der Waals surface area contributed by atoms with Crippen LogP contribution in [0.15, 0.2) is 18.2 Å². The molecule has 0 fully saturated rings. The lowest BCUT2D eigenvalue weighted by Gasteiger charge is -2.13. The zero-order valence-corrected chi connectivity index (χ0v) is 10.1. The maximum Gasteiger partial charge on any atom is 0.303 e. The van der Waals surface area contributed by atoms with Crippen molar-refractivity contribution in [2.45, 2.75) is 25.4 Å². The highest BCUT2D eigenvalue weighted by molar-refractivity contribution is 6.00. The predicted octanol–water partition coefficient (Wildman–Crippen LogP) is 1.10. The smallest absolute Gasteiger partial charge is 0.303 e. The quantitative estimate of drug-likeness (QED) is 0.837. The highest BCUT2D eigenvalue weighted by atomic mass is 16.4. The molecular weight excluding hydrogens is 234 g/mol. The second-order valence-corrected chi connectivity index (χ2v) is 4.47. The van der Waals surface area contributed by atoms with E-state index in [4.69, 9.17) is 5.11 Å². The molecule has 2 N–H and O–H groups in total. The van der Waals surface area contributed by atoms with Crippen molar-refractivity contribution < 1.29 is 19.8 Å². The van der Waals surface area contributed by atoms with E-state index in [-0.39, 0.29) is 18.7 Å². The topological polar surface area (TPSA) is 77.8 Å². The molecule has 1 aliphatic heterocycles. The van der Waals surface area contributed by atoms with E-state index in [2.05, 4.69) is 0 Å². The van der Waals surface area contributed by atoms with Gasteiger partial charge in [0, 0.05) is 19.2 Å². The second kappa shape index (κ2) is 4.78. The molecule has 0 bridgehead atoms. The fourth-order valence-corrected chi connectivity index (χ4v) is 2.12. The number of rotatable bonds is 4. The summed E-state index contributed by atoms with van der Waals surface area (Å²) < 4.78 is 0. The van der Waals surface area contributed by atoms with Crippen molar-refractivity contribution in [3.63, 3.8) is 0 Å². The molecule has 2 rings (SSSR count). The van der Waals surface area contributed by atoms with Crippen molar-refractivity contribution in [2.24, 2.45) is 0 Å². The summed E-state index contributed by atoms with van der Waals surface area (Å²) in [7, 11) is 1.72. The molecule has 0 aliphatic carbocycles. The van der Waals surface area contributed by atoms with Crippen LogP contribution >= 0.6 is 0 Å². The molecule has 18 heavy (non-hydrogen) atoms. The molecule has 5 heteroatoms. The second-order valence-electron chi connectivity index (χ2n) is 4.47. The third kappa shape index (κ3) is 2.36.